The van der Waals surface area contributed by atoms with Gasteiger partial charge in [-0.05, 0) is 61.7 Å². The van der Waals surface area contributed by atoms with Crippen molar-refractivity contribution in [1.82, 2.24) is 5.32 Å². The molecule has 166 valence electrons. The minimum atomic E-state index is -1.08. The number of rotatable bonds is 7. The first-order valence-corrected chi connectivity index (χ1v) is 10.4. The predicted octanol–water partition coefficient (Wildman–Crippen LogP) is 3.78. The van der Waals surface area contributed by atoms with Crippen LogP contribution in [0, 0.1) is 0 Å². The number of carboxylic acid groups (broad SMARTS) is 2. The molecule has 8 heteroatoms. The van der Waals surface area contributed by atoms with E-state index in [1.54, 1.807) is 6.92 Å². The number of fused-ring (bicyclic) bond motifs is 1. The molecule has 0 amide bonds. The zero-order chi connectivity index (χ0) is 22.8. The molecular weight excluding hydrogens is 420 g/mol. The average Bonchev–Trinajstić information content (AvgIpc) is 2.98. The summed E-state index contributed by atoms with van der Waals surface area (Å²) in [6, 6.07) is 11.8. The zero-order valence-electron chi connectivity index (χ0n) is 17.4. The Morgan fingerprint density at radius 1 is 1.03 bits per heavy atom. The van der Waals surface area contributed by atoms with Gasteiger partial charge in [0.25, 0.3) is 0 Å². The number of hydrogen-bond acceptors (Lipinski definition) is 5. The van der Waals surface area contributed by atoms with Gasteiger partial charge in [-0.1, -0.05) is 35.9 Å². The molecule has 2 aromatic carbocycles. The third kappa shape index (κ3) is 8.03. The first kappa shape index (κ1) is 24.4. The van der Waals surface area contributed by atoms with Gasteiger partial charge >= 0.3 is 11.9 Å². The largest absolute Gasteiger partial charge is 0.481 e. The molecule has 3 rings (SSSR count). The maximum Gasteiger partial charge on any atom is 0.303 e. The molecule has 4 N–H and O–H groups in total. The number of halogens is 1. The maximum absolute atomic E-state index is 11.5. The number of aliphatic carboxylic acids is 2. The van der Waals surface area contributed by atoms with Crippen LogP contribution in [0.4, 0.5) is 5.69 Å². The minimum absolute atomic E-state index is 0.0875. The van der Waals surface area contributed by atoms with Gasteiger partial charge in [-0.25, -0.2) is 0 Å². The smallest absolute Gasteiger partial charge is 0.303 e. The highest BCUT2D eigenvalue weighted by atomic mass is 35.5. The molecule has 0 radical (unpaired) electrons. The molecular formula is C23H27ClN2O5. The summed E-state index contributed by atoms with van der Waals surface area (Å²) in [7, 11) is 0. The normalized spacial score (nSPS) is 12.6. The number of carbonyl (C=O) groups excluding carboxylic acids is 1. The third-order valence-electron chi connectivity index (χ3n) is 4.84. The van der Waals surface area contributed by atoms with Crippen LogP contribution in [-0.4, -0.2) is 41.0 Å². The summed E-state index contributed by atoms with van der Waals surface area (Å²) in [5.41, 5.74) is 5.52. The SMILES string of the molecule is CC(=O)c1cccc(CNc2c(Cl)ccc3c2CCNCC3)c1.O=C(O)CCC(=O)O. The van der Waals surface area contributed by atoms with Gasteiger partial charge < -0.3 is 20.8 Å². The Labute approximate surface area is 186 Å². The topological polar surface area (TPSA) is 116 Å². The number of anilines is 1. The van der Waals surface area contributed by atoms with Crippen molar-refractivity contribution in [2.75, 3.05) is 18.4 Å². The minimum Gasteiger partial charge on any atom is -0.481 e. The highest BCUT2D eigenvalue weighted by Gasteiger charge is 2.14. The predicted molar refractivity (Wildman–Crippen MR) is 120 cm³/mol. The van der Waals surface area contributed by atoms with Gasteiger partial charge in [-0.15, -0.1) is 0 Å². The summed E-state index contributed by atoms with van der Waals surface area (Å²) >= 11 is 6.43. The van der Waals surface area contributed by atoms with E-state index in [4.69, 9.17) is 21.8 Å². The molecule has 0 aliphatic carbocycles. The standard InChI is InChI=1S/C19H21ClN2O.C4H6O4/c1-13(23)16-4-2-3-14(11-16)12-22-19-17-8-10-21-9-7-15(17)5-6-18(19)20;5-3(6)1-2-4(7)8/h2-6,11,21-22H,7-10,12H2,1H3;1-2H2,(H,5,6)(H,7,8). The summed E-state index contributed by atoms with van der Waals surface area (Å²) in [6.45, 7) is 4.23. The summed E-state index contributed by atoms with van der Waals surface area (Å²) in [5, 5.41) is 23.5. The Morgan fingerprint density at radius 2 is 1.71 bits per heavy atom. The highest BCUT2D eigenvalue weighted by molar-refractivity contribution is 6.33. The van der Waals surface area contributed by atoms with Crippen molar-refractivity contribution in [3.63, 3.8) is 0 Å². The second-order valence-electron chi connectivity index (χ2n) is 7.21. The Balaban J connectivity index is 0.000000366. The lowest BCUT2D eigenvalue weighted by molar-refractivity contribution is -0.143. The molecule has 0 saturated heterocycles. The first-order valence-electron chi connectivity index (χ1n) is 10.1. The number of ketones is 1. The van der Waals surface area contributed by atoms with Crippen LogP contribution in [0.3, 0.4) is 0 Å². The monoisotopic (exact) mass is 446 g/mol. The molecule has 31 heavy (non-hydrogen) atoms. The van der Waals surface area contributed by atoms with E-state index >= 15 is 0 Å². The number of Topliss-reactive ketones (excluding diaryl/α,β-unsaturated/α-hetero) is 1. The highest BCUT2D eigenvalue weighted by Crippen LogP contribution is 2.31. The number of hydrogen-bond donors (Lipinski definition) is 4. The van der Waals surface area contributed by atoms with Gasteiger partial charge in [0.2, 0.25) is 0 Å². The van der Waals surface area contributed by atoms with Crippen molar-refractivity contribution in [2.45, 2.75) is 39.2 Å². The van der Waals surface area contributed by atoms with Crippen molar-refractivity contribution < 1.29 is 24.6 Å². The van der Waals surface area contributed by atoms with Gasteiger partial charge in [0.15, 0.2) is 5.78 Å². The molecule has 0 unspecified atom stereocenters. The Kier molecular flexibility index (Phi) is 9.49. The second kappa shape index (κ2) is 12.1. The van der Waals surface area contributed by atoms with Crippen molar-refractivity contribution in [3.05, 3.63) is 63.7 Å². The maximum atomic E-state index is 11.5. The Bertz CT molecular complexity index is 932. The molecule has 2 aromatic rings. The van der Waals surface area contributed by atoms with E-state index in [0.717, 1.165) is 47.8 Å². The lowest BCUT2D eigenvalue weighted by atomic mass is 10.0. The molecule has 0 bridgehead atoms. The van der Waals surface area contributed by atoms with Crippen LogP contribution in [-0.2, 0) is 29.0 Å². The number of nitrogens with one attached hydrogen (secondary N) is 2. The van der Waals surface area contributed by atoms with Crippen molar-refractivity contribution in [2.24, 2.45) is 0 Å². The molecule has 1 aliphatic heterocycles. The average molecular weight is 447 g/mol. The molecule has 1 aliphatic rings. The van der Waals surface area contributed by atoms with Crippen LogP contribution in [0.1, 0.15) is 46.8 Å². The lowest BCUT2D eigenvalue weighted by Crippen LogP contribution is -2.16. The van der Waals surface area contributed by atoms with Crippen molar-refractivity contribution in [3.8, 4) is 0 Å². The van der Waals surface area contributed by atoms with Crippen LogP contribution in [0.15, 0.2) is 36.4 Å². The van der Waals surface area contributed by atoms with Crippen molar-refractivity contribution >= 4 is 35.0 Å². The third-order valence-corrected chi connectivity index (χ3v) is 5.15. The molecule has 0 spiro atoms. The van der Waals surface area contributed by atoms with E-state index in [0.29, 0.717) is 6.54 Å². The fraction of sp³-hybridized carbons (Fsp3) is 0.348. The molecule has 0 fully saturated rings. The fourth-order valence-corrected chi connectivity index (χ4v) is 3.48. The van der Waals surface area contributed by atoms with Crippen LogP contribution in [0.5, 0.6) is 0 Å². The van der Waals surface area contributed by atoms with Crippen molar-refractivity contribution in [1.29, 1.82) is 0 Å². The first-order chi connectivity index (χ1) is 14.8. The number of benzene rings is 2. The molecule has 0 saturated carbocycles. The summed E-state index contributed by atoms with van der Waals surface area (Å²) in [6.07, 6.45) is 1.41. The number of carbonyl (C=O) groups is 3. The van der Waals surface area contributed by atoms with Gasteiger partial charge in [0, 0.05) is 12.1 Å². The quantitative estimate of drug-likeness (QED) is 0.478. The fourth-order valence-electron chi connectivity index (χ4n) is 3.24. The van der Waals surface area contributed by atoms with Crippen LogP contribution >= 0.6 is 11.6 Å². The lowest BCUT2D eigenvalue weighted by Gasteiger charge is -2.16. The summed E-state index contributed by atoms with van der Waals surface area (Å²) < 4.78 is 0. The van der Waals surface area contributed by atoms with Gasteiger partial charge in [-0.3, -0.25) is 14.4 Å². The van der Waals surface area contributed by atoms with E-state index in [1.165, 1.54) is 11.1 Å². The van der Waals surface area contributed by atoms with E-state index in [9.17, 15) is 14.4 Å². The molecule has 1 heterocycles. The van der Waals surface area contributed by atoms with Crippen LogP contribution < -0.4 is 10.6 Å². The molecule has 7 nitrogen and oxygen atoms in total. The van der Waals surface area contributed by atoms with E-state index < -0.39 is 11.9 Å². The van der Waals surface area contributed by atoms with E-state index in [1.807, 2.05) is 30.3 Å². The number of carboxylic acids is 2. The van der Waals surface area contributed by atoms with Gasteiger partial charge in [0.05, 0.1) is 23.6 Å². The van der Waals surface area contributed by atoms with Gasteiger partial charge in [-0.2, -0.15) is 0 Å². The summed E-state index contributed by atoms with van der Waals surface area (Å²) in [4.78, 5) is 30.8. The van der Waals surface area contributed by atoms with E-state index in [2.05, 4.69) is 16.7 Å². The summed E-state index contributed by atoms with van der Waals surface area (Å²) in [5.74, 6) is -2.07. The van der Waals surface area contributed by atoms with Gasteiger partial charge in [0.1, 0.15) is 0 Å². The van der Waals surface area contributed by atoms with Crippen LogP contribution in [0.2, 0.25) is 5.02 Å². The molecule has 0 aromatic heterocycles. The van der Waals surface area contributed by atoms with E-state index in [-0.39, 0.29) is 18.6 Å². The Hall–Kier alpha value is -2.90. The molecule has 0 atom stereocenters. The second-order valence-corrected chi connectivity index (χ2v) is 7.61. The Morgan fingerprint density at radius 3 is 2.35 bits per heavy atom. The van der Waals surface area contributed by atoms with Crippen LogP contribution in [0.25, 0.3) is 0 Å². The zero-order valence-corrected chi connectivity index (χ0v) is 18.2.